The van der Waals surface area contributed by atoms with E-state index in [1.54, 1.807) is 12.1 Å². The van der Waals surface area contributed by atoms with Crippen molar-refractivity contribution in [2.45, 2.75) is 19.0 Å². The average Bonchev–Trinajstić information content (AvgIpc) is 2.56. The fourth-order valence-corrected chi connectivity index (χ4v) is 2.40. The first-order valence-corrected chi connectivity index (χ1v) is 7.39. The van der Waals surface area contributed by atoms with Gasteiger partial charge in [0.1, 0.15) is 5.82 Å². The zero-order valence-electron chi connectivity index (χ0n) is 13.3. The van der Waals surface area contributed by atoms with Crippen LogP contribution >= 0.6 is 0 Å². The predicted octanol–water partition coefficient (Wildman–Crippen LogP) is 2.70. The number of nitrogens with two attached hydrogens (primary N) is 1. The minimum atomic E-state index is -0.475. The van der Waals surface area contributed by atoms with Gasteiger partial charge in [-0.05, 0) is 35.7 Å². The summed E-state index contributed by atoms with van der Waals surface area (Å²) in [6, 6.07) is 14.2. The summed E-state index contributed by atoms with van der Waals surface area (Å²) in [7, 11) is 3.19. The molecule has 23 heavy (non-hydrogen) atoms. The summed E-state index contributed by atoms with van der Waals surface area (Å²) >= 11 is 0. The lowest BCUT2D eigenvalue weighted by Crippen LogP contribution is -2.41. The molecule has 0 aliphatic heterocycles. The molecule has 2 aromatic carbocycles. The number of anilines is 1. The predicted molar refractivity (Wildman–Crippen MR) is 88.7 cm³/mol. The third-order valence-corrected chi connectivity index (χ3v) is 3.78. The number of carbonyl (C=O) groups is 1. The van der Waals surface area contributed by atoms with Gasteiger partial charge in [0.05, 0.1) is 19.7 Å². The number of ether oxygens (including phenoxy) is 1. The van der Waals surface area contributed by atoms with E-state index in [9.17, 15) is 9.18 Å². The second-order valence-electron chi connectivity index (χ2n) is 5.39. The largest absolute Gasteiger partial charge is 0.469 e. The van der Waals surface area contributed by atoms with Crippen molar-refractivity contribution in [2.24, 2.45) is 5.73 Å². The quantitative estimate of drug-likeness (QED) is 0.657. The Kier molecular flexibility index (Phi) is 5.71. The Morgan fingerprint density at radius 3 is 2.52 bits per heavy atom. The van der Waals surface area contributed by atoms with E-state index in [1.807, 2.05) is 36.2 Å². The highest BCUT2D eigenvalue weighted by Gasteiger charge is 2.17. The van der Waals surface area contributed by atoms with Crippen molar-refractivity contribution >= 4 is 11.7 Å². The Balaban J connectivity index is 2.19. The summed E-state index contributed by atoms with van der Waals surface area (Å²) in [5.41, 5.74) is 9.09. The maximum atomic E-state index is 13.0. The molecule has 2 aromatic rings. The highest BCUT2D eigenvalue weighted by Crippen LogP contribution is 2.24. The van der Waals surface area contributed by atoms with Crippen LogP contribution in [0, 0.1) is 5.82 Å². The van der Waals surface area contributed by atoms with Gasteiger partial charge in [-0.25, -0.2) is 4.39 Å². The zero-order valence-corrected chi connectivity index (χ0v) is 13.3. The van der Waals surface area contributed by atoms with Crippen molar-refractivity contribution in [1.29, 1.82) is 0 Å². The van der Waals surface area contributed by atoms with Gasteiger partial charge in [-0.1, -0.05) is 30.3 Å². The molecule has 122 valence electrons. The first-order chi connectivity index (χ1) is 11.0. The zero-order chi connectivity index (χ0) is 16.8. The van der Waals surface area contributed by atoms with E-state index in [0.717, 1.165) is 16.8 Å². The van der Waals surface area contributed by atoms with Gasteiger partial charge >= 0.3 is 5.97 Å². The molecular weight excluding hydrogens is 295 g/mol. The number of carbonyl (C=O) groups excluding carboxylic acids is 1. The fraction of sp³-hybridized carbons (Fsp3) is 0.278. The molecule has 5 heteroatoms. The number of methoxy groups -OCH3 is 1. The first-order valence-electron chi connectivity index (χ1n) is 7.39. The van der Waals surface area contributed by atoms with Crippen LogP contribution in [0.5, 0.6) is 0 Å². The van der Waals surface area contributed by atoms with Crippen LogP contribution in [0.25, 0.3) is 0 Å². The lowest BCUT2D eigenvalue weighted by Gasteiger charge is -2.28. The van der Waals surface area contributed by atoms with Crippen LogP contribution in [0.1, 0.15) is 17.5 Å². The molecule has 0 saturated heterocycles. The van der Waals surface area contributed by atoms with Gasteiger partial charge in [-0.2, -0.15) is 0 Å². The van der Waals surface area contributed by atoms with Crippen LogP contribution in [0.4, 0.5) is 10.1 Å². The molecule has 0 spiro atoms. The number of hydrogen-bond donors (Lipinski definition) is 1. The number of para-hydroxylation sites is 1. The van der Waals surface area contributed by atoms with Gasteiger partial charge in [0.15, 0.2) is 0 Å². The minimum absolute atomic E-state index is 0.109. The van der Waals surface area contributed by atoms with Gasteiger partial charge in [0.2, 0.25) is 0 Å². The molecule has 2 rings (SSSR count). The van der Waals surface area contributed by atoms with Crippen LogP contribution in [0.15, 0.2) is 48.5 Å². The summed E-state index contributed by atoms with van der Waals surface area (Å²) in [6.07, 6.45) is 0.292. The molecule has 0 aromatic heterocycles. The summed E-state index contributed by atoms with van der Waals surface area (Å²) in [4.78, 5) is 13.3. The molecule has 2 N–H and O–H groups in total. The normalized spacial score (nSPS) is 11.8. The number of benzene rings is 2. The second kappa shape index (κ2) is 7.74. The summed E-state index contributed by atoms with van der Waals surface area (Å²) < 4.78 is 17.7. The van der Waals surface area contributed by atoms with Crippen molar-refractivity contribution in [2.75, 3.05) is 19.1 Å². The van der Waals surface area contributed by atoms with Gasteiger partial charge in [-0.3, -0.25) is 4.79 Å². The summed E-state index contributed by atoms with van der Waals surface area (Å²) in [5, 5.41) is 0. The number of esters is 1. The SMILES string of the molecule is COC(=O)CC(N)N(C)c1ccccc1Cc1ccc(F)cc1. The van der Waals surface area contributed by atoms with E-state index < -0.39 is 6.17 Å². The standard InChI is InChI=1S/C18H21FN2O2/c1-21(17(20)12-18(22)23-2)16-6-4-3-5-14(16)11-13-7-9-15(19)10-8-13/h3-10,17H,11-12,20H2,1-2H3. The Labute approximate surface area is 135 Å². The Morgan fingerprint density at radius 1 is 1.22 bits per heavy atom. The van der Waals surface area contributed by atoms with Crippen molar-refractivity contribution in [3.63, 3.8) is 0 Å². The third kappa shape index (κ3) is 4.53. The number of hydrogen-bond acceptors (Lipinski definition) is 4. The van der Waals surface area contributed by atoms with Crippen LogP contribution in [0.2, 0.25) is 0 Å². The smallest absolute Gasteiger partial charge is 0.308 e. The maximum Gasteiger partial charge on any atom is 0.308 e. The highest BCUT2D eigenvalue weighted by molar-refractivity contribution is 5.71. The van der Waals surface area contributed by atoms with Gasteiger partial charge < -0.3 is 15.4 Å². The van der Waals surface area contributed by atoms with Crippen LogP contribution in [-0.4, -0.2) is 26.3 Å². The van der Waals surface area contributed by atoms with Crippen LogP contribution in [-0.2, 0) is 16.0 Å². The molecular formula is C18H21FN2O2. The van der Waals surface area contributed by atoms with E-state index >= 15 is 0 Å². The van der Waals surface area contributed by atoms with Gasteiger partial charge in [-0.15, -0.1) is 0 Å². The fourth-order valence-electron chi connectivity index (χ4n) is 2.40. The van der Waals surface area contributed by atoms with Crippen molar-refractivity contribution in [1.82, 2.24) is 0 Å². The summed E-state index contributed by atoms with van der Waals surface area (Å²) in [6.45, 7) is 0. The highest BCUT2D eigenvalue weighted by atomic mass is 19.1. The van der Waals surface area contributed by atoms with E-state index in [2.05, 4.69) is 4.74 Å². The second-order valence-corrected chi connectivity index (χ2v) is 5.39. The molecule has 1 atom stereocenters. The molecule has 0 aliphatic rings. The topological polar surface area (TPSA) is 55.6 Å². The van der Waals surface area contributed by atoms with Crippen molar-refractivity contribution in [3.8, 4) is 0 Å². The monoisotopic (exact) mass is 316 g/mol. The van der Waals surface area contributed by atoms with E-state index in [0.29, 0.717) is 6.42 Å². The van der Waals surface area contributed by atoms with Gasteiger partial charge in [0.25, 0.3) is 0 Å². The molecule has 0 radical (unpaired) electrons. The van der Waals surface area contributed by atoms with Crippen LogP contribution < -0.4 is 10.6 Å². The molecule has 1 unspecified atom stereocenters. The molecule has 0 fully saturated rings. The molecule has 0 heterocycles. The van der Waals surface area contributed by atoms with Gasteiger partial charge in [0, 0.05) is 12.7 Å². The third-order valence-electron chi connectivity index (χ3n) is 3.78. The number of halogens is 1. The number of rotatable bonds is 6. The maximum absolute atomic E-state index is 13.0. The van der Waals surface area contributed by atoms with E-state index in [1.165, 1.54) is 19.2 Å². The van der Waals surface area contributed by atoms with Crippen molar-refractivity contribution < 1.29 is 13.9 Å². The van der Waals surface area contributed by atoms with E-state index in [-0.39, 0.29) is 18.2 Å². The molecule has 0 aliphatic carbocycles. The number of nitrogens with zero attached hydrogens (tertiary/aromatic N) is 1. The molecule has 0 bridgehead atoms. The molecule has 4 nitrogen and oxygen atoms in total. The molecule has 0 saturated carbocycles. The Hall–Kier alpha value is -2.40. The lowest BCUT2D eigenvalue weighted by atomic mass is 10.0. The average molecular weight is 316 g/mol. The summed E-state index contributed by atoms with van der Waals surface area (Å²) in [5.74, 6) is -0.598. The Morgan fingerprint density at radius 2 is 1.87 bits per heavy atom. The van der Waals surface area contributed by atoms with E-state index in [4.69, 9.17) is 5.73 Å². The minimum Gasteiger partial charge on any atom is -0.469 e. The lowest BCUT2D eigenvalue weighted by molar-refractivity contribution is -0.140. The first kappa shape index (κ1) is 17.0. The van der Waals surface area contributed by atoms with Crippen molar-refractivity contribution in [3.05, 3.63) is 65.5 Å². The van der Waals surface area contributed by atoms with Crippen LogP contribution in [0.3, 0.4) is 0 Å². The molecule has 0 amide bonds. The Bertz CT molecular complexity index is 658.